The second-order valence-corrected chi connectivity index (χ2v) is 5.35. The summed E-state index contributed by atoms with van der Waals surface area (Å²) in [5.74, 6) is -0.160. The molecule has 3 nitrogen and oxygen atoms in total. The molecule has 1 atom stereocenters. The normalized spacial score (nSPS) is 11.4. The molecular weight excluding hydrogens is 328 g/mol. The van der Waals surface area contributed by atoms with Gasteiger partial charge in [0.05, 0.1) is 11.6 Å². The molecule has 0 fully saturated rings. The fraction of sp³-hybridized carbons (Fsp3) is 0.176. The van der Waals surface area contributed by atoms with Gasteiger partial charge in [-0.3, -0.25) is 4.79 Å². The van der Waals surface area contributed by atoms with Crippen molar-refractivity contribution >= 4 is 21.8 Å². The predicted molar refractivity (Wildman–Crippen MR) is 86.4 cm³/mol. The molecule has 0 radical (unpaired) electrons. The Kier molecular flexibility index (Phi) is 5.53. The molecule has 0 aliphatic rings. The number of rotatable bonds is 5. The fourth-order valence-corrected chi connectivity index (χ4v) is 2.43. The molecule has 0 aliphatic heterocycles. The van der Waals surface area contributed by atoms with Gasteiger partial charge >= 0.3 is 0 Å². The largest absolute Gasteiger partial charge is 0.348 e. The van der Waals surface area contributed by atoms with Crippen molar-refractivity contribution in [2.75, 3.05) is 5.33 Å². The molecule has 0 saturated carbocycles. The van der Waals surface area contributed by atoms with Crippen molar-refractivity contribution in [1.29, 1.82) is 5.26 Å². The van der Waals surface area contributed by atoms with Gasteiger partial charge in [0.1, 0.15) is 0 Å². The summed E-state index contributed by atoms with van der Waals surface area (Å²) in [6.45, 7) is 0. The van der Waals surface area contributed by atoms with Crippen LogP contribution in [0, 0.1) is 11.3 Å². The van der Waals surface area contributed by atoms with Crippen molar-refractivity contribution in [3.8, 4) is 6.07 Å². The topological polar surface area (TPSA) is 52.9 Å². The number of amides is 1. The van der Waals surface area contributed by atoms with Crippen LogP contribution >= 0.6 is 15.9 Å². The molecule has 2 rings (SSSR count). The maximum absolute atomic E-state index is 12.2. The molecule has 0 aliphatic carbocycles. The minimum Gasteiger partial charge on any atom is -0.348 e. The van der Waals surface area contributed by atoms with Gasteiger partial charge in [0.25, 0.3) is 5.91 Å². The maximum atomic E-state index is 12.2. The number of carbonyl (C=O) groups excluding carboxylic acids is 1. The van der Waals surface area contributed by atoms with E-state index in [0.717, 1.165) is 6.42 Å². The van der Waals surface area contributed by atoms with Gasteiger partial charge in [-0.15, -0.1) is 0 Å². The number of nitriles is 1. The van der Waals surface area contributed by atoms with Gasteiger partial charge in [0, 0.05) is 16.9 Å². The Morgan fingerprint density at radius 3 is 2.62 bits per heavy atom. The smallest absolute Gasteiger partial charge is 0.251 e. The van der Waals surface area contributed by atoms with E-state index in [1.165, 1.54) is 5.56 Å². The van der Waals surface area contributed by atoms with Crippen LogP contribution in [0.2, 0.25) is 0 Å². The Bertz CT molecular complexity index is 649. The lowest BCUT2D eigenvalue weighted by molar-refractivity contribution is 0.0941. The molecule has 0 spiro atoms. The summed E-state index contributed by atoms with van der Waals surface area (Å²) < 4.78 is 0. The molecule has 21 heavy (non-hydrogen) atoms. The summed E-state index contributed by atoms with van der Waals surface area (Å²) >= 11 is 3.44. The predicted octanol–water partition coefficient (Wildman–Crippen LogP) is 3.29. The van der Waals surface area contributed by atoms with Crippen molar-refractivity contribution in [1.82, 2.24) is 5.32 Å². The standard InChI is InChI=1S/C17H15BrN2O/c18-11-16(10-13-5-2-1-3-6-13)20-17(21)15-8-4-7-14(9-15)12-19/h1-9,16H,10-11H2,(H,20,21). The molecule has 0 saturated heterocycles. The SMILES string of the molecule is N#Cc1cccc(C(=O)NC(CBr)Cc2ccccc2)c1. The van der Waals surface area contributed by atoms with Gasteiger partial charge in [-0.2, -0.15) is 5.26 Å². The van der Waals surface area contributed by atoms with Crippen LogP contribution in [-0.4, -0.2) is 17.3 Å². The van der Waals surface area contributed by atoms with Crippen molar-refractivity contribution in [3.05, 3.63) is 71.3 Å². The Labute approximate surface area is 132 Å². The van der Waals surface area contributed by atoms with Crippen LogP contribution in [0.4, 0.5) is 0 Å². The maximum Gasteiger partial charge on any atom is 0.251 e. The highest BCUT2D eigenvalue weighted by atomic mass is 79.9. The van der Waals surface area contributed by atoms with E-state index in [1.54, 1.807) is 24.3 Å². The van der Waals surface area contributed by atoms with E-state index < -0.39 is 0 Å². The van der Waals surface area contributed by atoms with Crippen LogP contribution in [-0.2, 0) is 6.42 Å². The second kappa shape index (κ2) is 7.61. The molecule has 1 amide bonds. The number of hydrogen-bond acceptors (Lipinski definition) is 2. The van der Waals surface area contributed by atoms with Gasteiger partial charge in [-0.1, -0.05) is 52.3 Å². The third-order valence-corrected chi connectivity index (χ3v) is 3.88. The summed E-state index contributed by atoms with van der Waals surface area (Å²) in [6.07, 6.45) is 0.760. The number of halogens is 1. The van der Waals surface area contributed by atoms with Crippen LogP contribution in [0.1, 0.15) is 21.5 Å². The number of nitrogens with one attached hydrogen (secondary N) is 1. The van der Waals surface area contributed by atoms with Gasteiger partial charge in [0.15, 0.2) is 0 Å². The molecule has 0 aromatic heterocycles. The van der Waals surface area contributed by atoms with E-state index in [2.05, 4.69) is 21.2 Å². The minimum atomic E-state index is -0.160. The highest BCUT2D eigenvalue weighted by Crippen LogP contribution is 2.08. The van der Waals surface area contributed by atoms with E-state index in [1.807, 2.05) is 36.4 Å². The summed E-state index contributed by atoms with van der Waals surface area (Å²) in [4.78, 5) is 12.2. The van der Waals surface area contributed by atoms with E-state index in [4.69, 9.17) is 5.26 Å². The Hall–Kier alpha value is -2.12. The summed E-state index contributed by atoms with van der Waals surface area (Å²) in [5, 5.41) is 12.5. The fourth-order valence-electron chi connectivity index (χ4n) is 2.04. The van der Waals surface area contributed by atoms with E-state index in [-0.39, 0.29) is 11.9 Å². The quantitative estimate of drug-likeness (QED) is 0.847. The average molecular weight is 343 g/mol. The minimum absolute atomic E-state index is 0.00522. The van der Waals surface area contributed by atoms with Crippen LogP contribution in [0.5, 0.6) is 0 Å². The highest BCUT2D eigenvalue weighted by Gasteiger charge is 2.13. The van der Waals surface area contributed by atoms with E-state index in [9.17, 15) is 4.79 Å². The van der Waals surface area contributed by atoms with Crippen molar-refractivity contribution < 1.29 is 4.79 Å². The zero-order valence-corrected chi connectivity index (χ0v) is 13.0. The lowest BCUT2D eigenvalue weighted by atomic mass is 10.1. The summed E-state index contributed by atoms with van der Waals surface area (Å²) in [5.41, 5.74) is 2.17. The first kappa shape index (κ1) is 15.3. The number of hydrogen-bond donors (Lipinski definition) is 1. The van der Waals surface area contributed by atoms with E-state index >= 15 is 0 Å². The van der Waals surface area contributed by atoms with Crippen molar-refractivity contribution in [2.24, 2.45) is 0 Å². The first-order valence-electron chi connectivity index (χ1n) is 6.64. The number of benzene rings is 2. The number of carbonyl (C=O) groups is 1. The molecule has 0 bridgehead atoms. The summed E-state index contributed by atoms with van der Waals surface area (Å²) in [6, 6.07) is 18.8. The molecule has 1 unspecified atom stereocenters. The molecule has 2 aromatic rings. The molecule has 2 aromatic carbocycles. The van der Waals surface area contributed by atoms with Crippen LogP contribution in [0.3, 0.4) is 0 Å². The average Bonchev–Trinajstić information content (AvgIpc) is 2.55. The third kappa shape index (κ3) is 4.44. The zero-order valence-electron chi connectivity index (χ0n) is 11.4. The Morgan fingerprint density at radius 1 is 1.19 bits per heavy atom. The first-order chi connectivity index (χ1) is 10.2. The van der Waals surface area contributed by atoms with E-state index in [0.29, 0.717) is 16.5 Å². The van der Waals surface area contributed by atoms with Crippen molar-refractivity contribution in [2.45, 2.75) is 12.5 Å². The molecule has 106 valence electrons. The van der Waals surface area contributed by atoms with Gasteiger partial charge < -0.3 is 5.32 Å². The Balaban J connectivity index is 2.04. The molecular formula is C17H15BrN2O. The Morgan fingerprint density at radius 2 is 1.95 bits per heavy atom. The number of nitrogens with zero attached hydrogens (tertiary/aromatic N) is 1. The zero-order chi connectivity index (χ0) is 15.1. The first-order valence-corrected chi connectivity index (χ1v) is 7.76. The monoisotopic (exact) mass is 342 g/mol. The number of alkyl halides is 1. The summed E-state index contributed by atoms with van der Waals surface area (Å²) in [7, 11) is 0. The van der Waals surface area contributed by atoms with Crippen molar-refractivity contribution in [3.63, 3.8) is 0 Å². The van der Waals surface area contributed by atoms with Crippen LogP contribution in [0.25, 0.3) is 0 Å². The molecule has 4 heteroatoms. The lowest BCUT2D eigenvalue weighted by Gasteiger charge is -2.16. The van der Waals surface area contributed by atoms with Crippen LogP contribution in [0.15, 0.2) is 54.6 Å². The lowest BCUT2D eigenvalue weighted by Crippen LogP contribution is -2.37. The van der Waals surface area contributed by atoms with Gasteiger partial charge in [0.2, 0.25) is 0 Å². The van der Waals surface area contributed by atoms with Crippen LogP contribution < -0.4 is 5.32 Å². The van der Waals surface area contributed by atoms with Gasteiger partial charge in [-0.05, 0) is 30.2 Å². The third-order valence-electron chi connectivity index (χ3n) is 3.10. The van der Waals surface area contributed by atoms with Gasteiger partial charge in [-0.25, -0.2) is 0 Å². The highest BCUT2D eigenvalue weighted by molar-refractivity contribution is 9.09. The second-order valence-electron chi connectivity index (χ2n) is 4.71. The molecule has 0 heterocycles. The molecule has 1 N–H and O–H groups in total.